The summed E-state index contributed by atoms with van der Waals surface area (Å²) in [5, 5.41) is 4.23. The smallest absolute Gasteiger partial charge is 0.336 e. The molecule has 232 valence electrons. The van der Waals surface area contributed by atoms with Gasteiger partial charge < -0.3 is 14.2 Å². The molecule has 4 heteroatoms. The second-order valence-corrected chi connectivity index (χ2v) is 11.5. The number of rotatable bonds is 16. The molecule has 0 radical (unpaired) electrons. The summed E-state index contributed by atoms with van der Waals surface area (Å²) in [6.45, 7) is 5.77. The highest BCUT2D eigenvalue weighted by Crippen LogP contribution is 2.45. The first-order valence-corrected chi connectivity index (χ1v) is 16.5. The number of ether oxygens (including phenoxy) is 3. The molecular formula is C41H44O4. The zero-order valence-corrected chi connectivity index (χ0v) is 26.6. The Morgan fingerprint density at radius 1 is 0.578 bits per heavy atom. The van der Waals surface area contributed by atoms with Gasteiger partial charge in [-0.15, -0.1) is 0 Å². The third-order valence-electron chi connectivity index (χ3n) is 8.06. The molecular weight excluding hydrogens is 556 g/mol. The van der Waals surface area contributed by atoms with Crippen molar-refractivity contribution >= 4 is 33.6 Å². The van der Waals surface area contributed by atoms with Crippen molar-refractivity contribution in [2.45, 2.75) is 65.2 Å². The molecule has 0 fully saturated rings. The summed E-state index contributed by atoms with van der Waals surface area (Å²) in [5.41, 5.74) is 2.70. The van der Waals surface area contributed by atoms with Crippen LogP contribution in [-0.4, -0.2) is 19.2 Å². The third kappa shape index (κ3) is 8.54. The van der Waals surface area contributed by atoms with E-state index in [-0.39, 0.29) is 0 Å². The van der Waals surface area contributed by atoms with Crippen molar-refractivity contribution in [2.24, 2.45) is 0 Å². The average molecular weight is 601 g/mol. The van der Waals surface area contributed by atoms with Gasteiger partial charge in [0.1, 0.15) is 17.2 Å². The first kappa shape index (κ1) is 31.8. The van der Waals surface area contributed by atoms with E-state index >= 15 is 0 Å². The number of hydrogen-bond donors (Lipinski definition) is 0. The van der Waals surface area contributed by atoms with Crippen LogP contribution in [-0.2, 0) is 4.79 Å². The Hall–Kier alpha value is -4.57. The second kappa shape index (κ2) is 16.5. The van der Waals surface area contributed by atoms with Crippen molar-refractivity contribution in [3.63, 3.8) is 0 Å². The SMILES string of the molecule is CCCCCCOc1ccc(/C=C\C(=O)Oc2ccc3ccccc3c2-c2c(OCCCCCC)ccc3ccccc23)cc1. The van der Waals surface area contributed by atoms with Crippen LogP contribution in [0.1, 0.15) is 70.8 Å². The number of esters is 1. The van der Waals surface area contributed by atoms with Gasteiger partial charge in [0.25, 0.3) is 0 Å². The molecule has 5 aromatic carbocycles. The number of carbonyl (C=O) groups is 1. The van der Waals surface area contributed by atoms with E-state index in [0.29, 0.717) is 12.4 Å². The van der Waals surface area contributed by atoms with Gasteiger partial charge in [0.15, 0.2) is 0 Å². The van der Waals surface area contributed by atoms with Gasteiger partial charge >= 0.3 is 5.97 Å². The number of fused-ring (bicyclic) bond motifs is 2. The lowest BCUT2D eigenvalue weighted by atomic mass is 9.92. The van der Waals surface area contributed by atoms with E-state index in [1.54, 1.807) is 6.08 Å². The Morgan fingerprint density at radius 2 is 1.13 bits per heavy atom. The van der Waals surface area contributed by atoms with Gasteiger partial charge in [-0.05, 0) is 70.3 Å². The quantitative estimate of drug-likeness (QED) is 0.0489. The maximum Gasteiger partial charge on any atom is 0.336 e. The van der Waals surface area contributed by atoms with E-state index in [9.17, 15) is 4.79 Å². The molecule has 5 rings (SSSR count). The van der Waals surface area contributed by atoms with Crippen molar-refractivity contribution in [3.8, 4) is 28.4 Å². The summed E-state index contributed by atoms with van der Waals surface area (Å²) in [4.78, 5) is 13.3. The highest BCUT2D eigenvalue weighted by molar-refractivity contribution is 6.10. The zero-order chi connectivity index (χ0) is 31.3. The minimum Gasteiger partial charge on any atom is -0.494 e. The van der Waals surface area contributed by atoms with Crippen molar-refractivity contribution in [1.82, 2.24) is 0 Å². The van der Waals surface area contributed by atoms with Gasteiger partial charge in [0.05, 0.1) is 13.2 Å². The summed E-state index contributed by atoms with van der Waals surface area (Å²) >= 11 is 0. The monoisotopic (exact) mass is 600 g/mol. The molecule has 0 aliphatic rings. The Balaban J connectivity index is 1.42. The van der Waals surface area contributed by atoms with Crippen LogP contribution in [0, 0.1) is 0 Å². The molecule has 0 atom stereocenters. The molecule has 0 aromatic heterocycles. The van der Waals surface area contributed by atoms with Crippen molar-refractivity contribution in [2.75, 3.05) is 13.2 Å². The van der Waals surface area contributed by atoms with Gasteiger partial charge in [0.2, 0.25) is 0 Å². The molecule has 0 heterocycles. The molecule has 0 unspecified atom stereocenters. The van der Waals surface area contributed by atoms with Crippen molar-refractivity contribution in [1.29, 1.82) is 0 Å². The normalized spacial score (nSPS) is 11.3. The summed E-state index contributed by atoms with van der Waals surface area (Å²) in [6, 6.07) is 32.3. The fourth-order valence-electron chi connectivity index (χ4n) is 5.64. The molecule has 0 N–H and O–H groups in total. The molecule has 5 aromatic rings. The molecule has 0 aliphatic carbocycles. The van der Waals surface area contributed by atoms with E-state index in [1.165, 1.54) is 38.2 Å². The molecule has 0 aliphatic heterocycles. The fraction of sp³-hybridized carbons (Fsp3) is 0.293. The first-order valence-electron chi connectivity index (χ1n) is 16.5. The number of hydrogen-bond acceptors (Lipinski definition) is 4. The Morgan fingerprint density at radius 3 is 1.76 bits per heavy atom. The lowest BCUT2D eigenvalue weighted by molar-refractivity contribution is -0.128. The molecule has 0 amide bonds. The van der Waals surface area contributed by atoms with Gasteiger partial charge in [-0.25, -0.2) is 4.79 Å². The predicted octanol–water partition coefficient (Wildman–Crippen LogP) is 11.2. The Bertz CT molecular complexity index is 1720. The number of unbranched alkanes of at least 4 members (excludes halogenated alkanes) is 6. The number of carbonyl (C=O) groups excluding carboxylic acids is 1. The van der Waals surface area contributed by atoms with Crippen LogP contribution in [0.5, 0.6) is 17.2 Å². The highest BCUT2D eigenvalue weighted by atomic mass is 16.5. The van der Waals surface area contributed by atoms with Crippen molar-refractivity contribution < 1.29 is 19.0 Å². The van der Waals surface area contributed by atoms with E-state index in [0.717, 1.165) is 75.6 Å². The third-order valence-corrected chi connectivity index (χ3v) is 8.06. The van der Waals surface area contributed by atoms with E-state index in [2.05, 4.69) is 44.2 Å². The van der Waals surface area contributed by atoms with Gasteiger partial charge in [-0.3, -0.25) is 0 Å². The maximum atomic E-state index is 13.3. The highest BCUT2D eigenvalue weighted by Gasteiger charge is 2.20. The van der Waals surface area contributed by atoms with Crippen LogP contribution < -0.4 is 14.2 Å². The summed E-state index contributed by atoms with van der Waals surface area (Å²) in [6.07, 6.45) is 12.5. The number of benzene rings is 5. The summed E-state index contributed by atoms with van der Waals surface area (Å²) in [5.74, 6) is 1.69. The van der Waals surface area contributed by atoms with E-state index in [1.807, 2.05) is 66.7 Å². The van der Waals surface area contributed by atoms with Crippen LogP contribution in [0.4, 0.5) is 0 Å². The standard InChI is InChI=1S/C41H44O4/c1-3-5-7-13-29-43-34-24-19-31(20-25-34)21-28-39(42)45-38-27-23-33-16-10-12-18-36(33)41(38)40-35-17-11-9-15-32(35)22-26-37(40)44-30-14-8-6-4-2/h9-12,15-28H,3-8,13-14,29-30H2,1-2H3/b28-21-. The fourth-order valence-corrected chi connectivity index (χ4v) is 5.64. The lowest BCUT2D eigenvalue weighted by Gasteiger charge is -2.19. The molecule has 0 saturated heterocycles. The largest absolute Gasteiger partial charge is 0.494 e. The Kier molecular flexibility index (Phi) is 11.7. The second-order valence-electron chi connectivity index (χ2n) is 11.5. The van der Waals surface area contributed by atoms with Gasteiger partial charge in [0, 0.05) is 17.2 Å². The van der Waals surface area contributed by atoms with E-state index < -0.39 is 5.97 Å². The minimum absolute atomic E-state index is 0.440. The van der Waals surface area contributed by atoms with Crippen molar-refractivity contribution in [3.05, 3.63) is 109 Å². The van der Waals surface area contributed by atoms with Gasteiger partial charge in [-0.2, -0.15) is 0 Å². The van der Waals surface area contributed by atoms with Crippen LogP contribution in [0.2, 0.25) is 0 Å². The van der Waals surface area contributed by atoms with Crippen LogP contribution >= 0.6 is 0 Å². The van der Waals surface area contributed by atoms with Crippen LogP contribution in [0.25, 0.3) is 38.7 Å². The lowest BCUT2D eigenvalue weighted by Crippen LogP contribution is -2.06. The summed E-state index contributed by atoms with van der Waals surface area (Å²) in [7, 11) is 0. The first-order chi connectivity index (χ1) is 22.2. The van der Waals surface area contributed by atoms with Gasteiger partial charge in [-0.1, -0.05) is 125 Å². The minimum atomic E-state index is -0.440. The molecule has 0 saturated carbocycles. The molecule has 0 bridgehead atoms. The molecule has 4 nitrogen and oxygen atoms in total. The van der Waals surface area contributed by atoms with Crippen LogP contribution in [0.15, 0.2) is 103 Å². The Labute approximate surface area is 267 Å². The topological polar surface area (TPSA) is 44.8 Å². The molecule has 45 heavy (non-hydrogen) atoms. The maximum absolute atomic E-state index is 13.3. The van der Waals surface area contributed by atoms with Crippen LogP contribution in [0.3, 0.4) is 0 Å². The molecule has 0 spiro atoms. The zero-order valence-electron chi connectivity index (χ0n) is 26.6. The van der Waals surface area contributed by atoms with E-state index in [4.69, 9.17) is 14.2 Å². The predicted molar refractivity (Wildman–Crippen MR) is 187 cm³/mol. The summed E-state index contributed by atoms with van der Waals surface area (Å²) < 4.78 is 18.4. The average Bonchev–Trinajstić information content (AvgIpc) is 3.07.